The first kappa shape index (κ1) is 20.7. The summed E-state index contributed by atoms with van der Waals surface area (Å²) < 4.78 is 3.31. The Hall–Kier alpha value is -3.24. The molecule has 32 heavy (non-hydrogen) atoms. The van der Waals surface area contributed by atoms with Crippen LogP contribution in [0.5, 0.6) is 0 Å². The molecular weight excluding hydrogens is 414 g/mol. The Morgan fingerprint density at radius 1 is 1.25 bits per heavy atom. The molecule has 0 saturated heterocycles. The third kappa shape index (κ3) is 3.35. The molecule has 4 bridgehead atoms. The van der Waals surface area contributed by atoms with Crippen LogP contribution in [0.15, 0.2) is 18.6 Å². The first-order valence-electron chi connectivity index (χ1n) is 11.0. The molecule has 4 aliphatic rings. The third-order valence-electron chi connectivity index (χ3n) is 7.50. The number of carbonyl (C=O) groups is 2. The van der Waals surface area contributed by atoms with Crippen molar-refractivity contribution >= 4 is 23.2 Å². The number of aromatic nitrogens is 4. The fourth-order valence-corrected chi connectivity index (χ4v) is 6.94. The average Bonchev–Trinajstić information content (AvgIpc) is 3.33. The van der Waals surface area contributed by atoms with E-state index < -0.39 is 4.92 Å². The molecule has 2 N–H and O–H groups in total. The second-order valence-corrected chi connectivity index (χ2v) is 9.95. The van der Waals surface area contributed by atoms with Gasteiger partial charge in [0.1, 0.15) is 12.4 Å². The number of aryl methyl sites for hydroxylation is 1. The Morgan fingerprint density at radius 3 is 2.59 bits per heavy atom. The van der Waals surface area contributed by atoms with Crippen LogP contribution >= 0.6 is 0 Å². The Balaban J connectivity index is 1.38. The maximum absolute atomic E-state index is 13.1. The van der Waals surface area contributed by atoms with Gasteiger partial charge in [0.05, 0.1) is 16.1 Å². The van der Waals surface area contributed by atoms with Gasteiger partial charge in [-0.05, 0) is 55.8 Å². The van der Waals surface area contributed by atoms with Crippen LogP contribution in [0.2, 0.25) is 0 Å². The lowest BCUT2D eigenvalue weighted by Crippen LogP contribution is -2.57. The van der Waals surface area contributed by atoms with E-state index in [1.165, 1.54) is 17.9 Å². The molecule has 170 valence electrons. The molecule has 0 radical (unpaired) electrons. The molecule has 0 spiro atoms. The van der Waals surface area contributed by atoms with E-state index in [0.717, 1.165) is 38.5 Å². The highest BCUT2D eigenvalue weighted by molar-refractivity contribution is 6.02. The molecule has 11 nitrogen and oxygen atoms in total. The van der Waals surface area contributed by atoms with E-state index in [1.807, 2.05) is 0 Å². The predicted molar refractivity (Wildman–Crippen MR) is 114 cm³/mol. The van der Waals surface area contributed by atoms with Crippen LogP contribution in [0.4, 0.5) is 11.4 Å². The molecule has 2 amide bonds. The van der Waals surface area contributed by atoms with Gasteiger partial charge >= 0.3 is 5.69 Å². The zero-order chi connectivity index (χ0) is 22.7. The number of rotatable bonds is 6. The van der Waals surface area contributed by atoms with Crippen molar-refractivity contribution < 1.29 is 14.5 Å². The molecular formula is C21H27N7O4. The number of hydrogen-bond donors (Lipinski definition) is 2. The lowest BCUT2D eigenvalue weighted by atomic mass is 9.46. The molecule has 2 aromatic heterocycles. The lowest BCUT2D eigenvalue weighted by Gasteiger charge is -2.61. The van der Waals surface area contributed by atoms with Crippen molar-refractivity contribution in [1.29, 1.82) is 0 Å². The largest absolute Gasteiger partial charge is 0.354 e. The van der Waals surface area contributed by atoms with Gasteiger partial charge in [-0.15, -0.1) is 0 Å². The Kier molecular flexibility index (Phi) is 4.61. The number of nitrogens with zero attached hydrogens (tertiary/aromatic N) is 5. The fraction of sp³-hybridized carbons (Fsp3) is 0.619. The van der Waals surface area contributed by atoms with Crippen molar-refractivity contribution in [1.82, 2.24) is 24.9 Å². The zero-order valence-corrected chi connectivity index (χ0v) is 18.2. The molecule has 4 fully saturated rings. The Labute approximate surface area is 184 Å². The summed E-state index contributed by atoms with van der Waals surface area (Å²) in [5.74, 6) is 0.501. The summed E-state index contributed by atoms with van der Waals surface area (Å²) >= 11 is 0. The molecule has 2 unspecified atom stereocenters. The van der Waals surface area contributed by atoms with Crippen molar-refractivity contribution in [3.05, 3.63) is 34.4 Å². The third-order valence-corrected chi connectivity index (χ3v) is 7.50. The van der Waals surface area contributed by atoms with Crippen LogP contribution in [-0.2, 0) is 17.4 Å². The van der Waals surface area contributed by atoms with Gasteiger partial charge in [0.15, 0.2) is 5.69 Å². The van der Waals surface area contributed by atoms with Crippen LogP contribution in [-0.4, -0.2) is 43.3 Å². The second-order valence-electron chi connectivity index (χ2n) is 9.95. The summed E-state index contributed by atoms with van der Waals surface area (Å²) in [6.07, 6.45) is 10.7. The summed E-state index contributed by atoms with van der Waals surface area (Å²) in [7, 11) is 3.23. The SMILES string of the molecule is CNC(=O)c1nn(C)cc1NC(=O)CC12CC3CC(C1)CC(n1cc([N+](=O)[O-])cn1)(C3)C2. The fourth-order valence-electron chi connectivity index (χ4n) is 6.94. The summed E-state index contributed by atoms with van der Waals surface area (Å²) in [5.41, 5.74) is 0.170. The van der Waals surface area contributed by atoms with Gasteiger partial charge in [0.25, 0.3) is 5.91 Å². The Morgan fingerprint density at radius 2 is 1.97 bits per heavy atom. The van der Waals surface area contributed by atoms with E-state index in [0.29, 0.717) is 23.9 Å². The smallest absolute Gasteiger partial charge is 0.307 e. The lowest BCUT2D eigenvalue weighted by molar-refractivity contribution is -0.385. The molecule has 2 heterocycles. The van der Waals surface area contributed by atoms with Crippen LogP contribution < -0.4 is 10.6 Å². The predicted octanol–water partition coefficient (Wildman–Crippen LogP) is 2.21. The average molecular weight is 441 g/mol. The van der Waals surface area contributed by atoms with E-state index in [-0.39, 0.29) is 34.1 Å². The van der Waals surface area contributed by atoms with E-state index in [2.05, 4.69) is 20.8 Å². The van der Waals surface area contributed by atoms with Crippen LogP contribution in [0.3, 0.4) is 0 Å². The topological polar surface area (TPSA) is 137 Å². The van der Waals surface area contributed by atoms with Gasteiger partial charge < -0.3 is 10.6 Å². The minimum atomic E-state index is -0.412. The van der Waals surface area contributed by atoms with Crippen LogP contribution in [0.1, 0.15) is 55.4 Å². The van der Waals surface area contributed by atoms with Gasteiger partial charge in [0, 0.05) is 26.7 Å². The molecule has 4 saturated carbocycles. The van der Waals surface area contributed by atoms with Crippen molar-refractivity contribution in [2.45, 2.75) is 50.5 Å². The number of nitrogens with one attached hydrogen (secondary N) is 2. The highest BCUT2D eigenvalue weighted by Gasteiger charge is 2.59. The monoisotopic (exact) mass is 441 g/mol. The summed E-state index contributed by atoms with van der Waals surface area (Å²) in [6.45, 7) is 0. The number of hydrogen-bond acceptors (Lipinski definition) is 6. The zero-order valence-electron chi connectivity index (χ0n) is 18.2. The maximum Gasteiger partial charge on any atom is 0.307 e. The number of amides is 2. The number of nitro groups is 1. The van der Waals surface area contributed by atoms with Crippen molar-refractivity contribution in [3.8, 4) is 0 Å². The van der Waals surface area contributed by atoms with E-state index in [9.17, 15) is 19.7 Å². The normalized spacial score (nSPS) is 30.3. The van der Waals surface area contributed by atoms with Gasteiger partial charge in [-0.3, -0.25) is 29.1 Å². The van der Waals surface area contributed by atoms with Gasteiger partial charge in [0.2, 0.25) is 5.91 Å². The first-order valence-corrected chi connectivity index (χ1v) is 11.0. The van der Waals surface area contributed by atoms with Crippen LogP contribution in [0, 0.1) is 27.4 Å². The summed E-state index contributed by atoms with van der Waals surface area (Å²) in [5, 5.41) is 25.1. The molecule has 2 atom stereocenters. The minimum Gasteiger partial charge on any atom is -0.354 e. The quantitative estimate of drug-likeness (QED) is 0.521. The van der Waals surface area contributed by atoms with Gasteiger partial charge in [-0.1, -0.05) is 0 Å². The number of anilines is 1. The van der Waals surface area contributed by atoms with Gasteiger partial charge in [-0.25, -0.2) is 0 Å². The molecule has 0 aliphatic heterocycles. The molecule has 6 rings (SSSR count). The summed E-state index contributed by atoms with van der Waals surface area (Å²) in [6, 6.07) is 0. The minimum absolute atomic E-state index is 0.00541. The molecule has 4 aliphatic carbocycles. The van der Waals surface area contributed by atoms with Crippen molar-refractivity contribution in [2.75, 3.05) is 12.4 Å². The summed E-state index contributed by atoms with van der Waals surface area (Å²) in [4.78, 5) is 36.0. The van der Waals surface area contributed by atoms with Crippen LogP contribution in [0.25, 0.3) is 0 Å². The second kappa shape index (κ2) is 7.14. The van der Waals surface area contributed by atoms with Crippen molar-refractivity contribution in [2.24, 2.45) is 24.3 Å². The first-order chi connectivity index (χ1) is 15.2. The number of carbonyl (C=O) groups excluding carboxylic acids is 2. The Bertz CT molecular complexity index is 1090. The molecule has 2 aromatic rings. The van der Waals surface area contributed by atoms with E-state index in [4.69, 9.17) is 0 Å². The highest BCUT2D eigenvalue weighted by Crippen LogP contribution is 2.65. The molecule has 0 aromatic carbocycles. The van der Waals surface area contributed by atoms with E-state index >= 15 is 0 Å². The van der Waals surface area contributed by atoms with Crippen molar-refractivity contribution in [3.63, 3.8) is 0 Å². The maximum atomic E-state index is 13.1. The van der Waals surface area contributed by atoms with E-state index in [1.54, 1.807) is 24.1 Å². The standard InChI is InChI=1S/C21H27N7O4/c1-22-19(30)18-16(11-26(2)25-18)24-17(29)8-20-4-13-3-14(5-20)7-21(6-13,12-20)27-10-15(9-23-27)28(31)32/h9-11,13-14H,3-8,12H2,1-2H3,(H,22,30)(H,24,29). The highest BCUT2D eigenvalue weighted by atomic mass is 16.6. The molecule has 11 heteroatoms. The van der Waals surface area contributed by atoms with Gasteiger partial charge in [-0.2, -0.15) is 10.2 Å².